The minimum atomic E-state index is 0.834. The van der Waals surface area contributed by atoms with E-state index in [9.17, 15) is 0 Å². The standard InChI is InChI=1S/C10H15NOS/c1-9(2)7-11(13-3)8-10-5-4-6-12-10/h4-6H,1,7-8H2,2-3H3. The smallest absolute Gasteiger partial charge is 0.118 e. The van der Waals surface area contributed by atoms with E-state index in [1.807, 2.05) is 19.1 Å². The van der Waals surface area contributed by atoms with E-state index in [1.54, 1.807) is 18.2 Å². The highest BCUT2D eigenvalue weighted by Crippen LogP contribution is 2.13. The number of nitrogens with zero attached hydrogens (tertiary/aromatic N) is 1. The van der Waals surface area contributed by atoms with Gasteiger partial charge in [0.25, 0.3) is 0 Å². The van der Waals surface area contributed by atoms with Crippen LogP contribution in [0.15, 0.2) is 35.0 Å². The zero-order valence-electron chi connectivity index (χ0n) is 8.12. The van der Waals surface area contributed by atoms with Crippen molar-refractivity contribution in [2.24, 2.45) is 0 Å². The van der Waals surface area contributed by atoms with Crippen molar-refractivity contribution in [3.05, 3.63) is 36.3 Å². The highest BCUT2D eigenvalue weighted by Gasteiger charge is 2.05. The summed E-state index contributed by atoms with van der Waals surface area (Å²) in [6, 6.07) is 3.90. The summed E-state index contributed by atoms with van der Waals surface area (Å²) >= 11 is 1.71. The lowest BCUT2D eigenvalue weighted by atomic mass is 10.3. The first-order chi connectivity index (χ1) is 6.22. The summed E-state index contributed by atoms with van der Waals surface area (Å²) in [6.07, 6.45) is 3.76. The number of hydrogen-bond donors (Lipinski definition) is 0. The van der Waals surface area contributed by atoms with Crippen LogP contribution in [0.2, 0.25) is 0 Å². The van der Waals surface area contributed by atoms with Gasteiger partial charge in [-0.25, -0.2) is 4.31 Å². The minimum absolute atomic E-state index is 0.834. The van der Waals surface area contributed by atoms with E-state index in [0.717, 1.165) is 18.8 Å². The van der Waals surface area contributed by atoms with Crippen molar-refractivity contribution in [2.75, 3.05) is 12.8 Å². The van der Waals surface area contributed by atoms with Gasteiger partial charge >= 0.3 is 0 Å². The first kappa shape index (κ1) is 10.4. The topological polar surface area (TPSA) is 16.4 Å². The van der Waals surface area contributed by atoms with Gasteiger partial charge in [0, 0.05) is 6.54 Å². The van der Waals surface area contributed by atoms with Crippen molar-refractivity contribution >= 4 is 11.9 Å². The monoisotopic (exact) mass is 197 g/mol. The Bertz CT molecular complexity index is 256. The molecule has 0 fully saturated rings. The third-order valence-electron chi connectivity index (χ3n) is 1.62. The molecule has 1 aromatic heterocycles. The fraction of sp³-hybridized carbons (Fsp3) is 0.400. The van der Waals surface area contributed by atoms with Gasteiger partial charge in [0.05, 0.1) is 12.8 Å². The van der Waals surface area contributed by atoms with E-state index >= 15 is 0 Å². The minimum Gasteiger partial charge on any atom is -0.468 e. The molecule has 0 saturated heterocycles. The van der Waals surface area contributed by atoms with Crippen molar-refractivity contribution < 1.29 is 4.42 Å². The summed E-state index contributed by atoms with van der Waals surface area (Å²) in [7, 11) is 0. The van der Waals surface area contributed by atoms with Crippen LogP contribution < -0.4 is 0 Å². The Balaban J connectivity index is 2.45. The summed E-state index contributed by atoms with van der Waals surface area (Å²) in [6.45, 7) is 7.66. The van der Waals surface area contributed by atoms with Crippen LogP contribution in [-0.4, -0.2) is 17.1 Å². The number of rotatable bonds is 5. The second-order valence-electron chi connectivity index (χ2n) is 3.02. The zero-order valence-corrected chi connectivity index (χ0v) is 8.93. The third-order valence-corrected chi connectivity index (χ3v) is 2.39. The molecule has 0 spiro atoms. The highest BCUT2D eigenvalue weighted by molar-refractivity contribution is 7.96. The highest BCUT2D eigenvalue weighted by atomic mass is 32.2. The van der Waals surface area contributed by atoms with Crippen LogP contribution in [0.4, 0.5) is 0 Å². The summed E-state index contributed by atoms with van der Waals surface area (Å²) < 4.78 is 7.47. The first-order valence-corrected chi connectivity index (χ1v) is 5.36. The number of hydrogen-bond acceptors (Lipinski definition) is 3. The molecule has 0 aliphatic carbocycles. The fourth-order valence-electron chi connectivity index (χ4n) is 1.06. The van der Waals surface area contributed by atoms with E-state index in [2.05, 4.69) is 17.1 Å². The molecule has 0 amide bonds. The second-order valence-corrected chi connectivity index (χ2v) is 3.90. The molecule has 13 heavy (non-hydrogen) atoms. The molecular weight excluding hydrogens is 182 g/mol. The van der Waals surface area contributed by atoms with Crippen LogP contribution in [0.3, 0.4) is 0 Å². The van der Waals surface area contributed by atoms with Crippen LogP contribution in [0, 0.1) is 0 Å². The van der Waals surface area contributed by atoms with Crippen LogP contribution in [-0.2, 0) is 6.54 Å². The van der Waals surface area contributed by atoms with Gasteiger partial charge < -0.3 is 4.42 Å². The molecule has 0 aliphatic rings. The normalized spacial score (nSPS) is 10.7. The van der Waals surface area contributed by atoms with Gasteiger partial charge in [0.1, 0.15) is 5.76 Å². The molecule has 1 heterocycles. The van der Waals surface area contributed by atoms with Crippen molar-refractivity contribution in [1.29, 1.82) is 0 Å². The fourth-order valence-corrected chi connectivity index (χ4v) is 1.67. The van der Waals surface area contributed by atoms with Crippen molar-refractivity contribution in [2.45, 2.75) is 13.5 Å². The molecule has 0 saturated carbocycles. The largest absolute Gasteiger partial charge is 0.468 e. The molecule has 3 heteroatoms. The molecule has 0 unspecified atom stereocenters. The van der Waals surface area contributed by atoms with Gasteiger partial charge in [0.15, 0.2) is 0 Å². The first-order valence-electron chi connectivity index (χ1n) is 4.18. The lowest BCUT2D eigenvalue weighted by Crippen LogP contribution is -2.16. The van der Waals surface area contributed by atoms with E-state index in [1.165, 1.54) is 5.57 Å². The average molecular weight is 197 g/mol. The summed E-state index contributed by atoms with van der Waals surface area (Å²) in [5, 5.41) is 0. The summed E-state index contributed by atoms with van der Waals surface area (Å²) in [5.41, 5.74) is 1.17. The maximum absolute atomic E-state index is 5.26. The predicted octanol–water partition coefficient (Wildman–Crippen LogP) is 2.94. The Morgan fingerprint density at radius 3 is 2.92 bits per heavy atom. The lowest BCUT2D eigenvalue weighted by molar-refractivity contribution is 0.416. The second kappa shape index (κ2) is 5.14. The van der Waals surface area contributed by atoms with Crippen molar-refractivity contribution in [3.8, 4) is 0 Å². The van der Waals surface area contributed by atoms with Gasteiger partial charge in [0.2, 0.25) is 0 Å². The molecule has 72 valence electrons. The maximum atomic E-state index is 5.26. The maximum Gasteiger partial charge on any atom is 0.118 e. The Morgan fingerprint density at radius 1 is 1.69 bits per heavy atom. The van der Waals surface area contributed by atoms with Crippen molar-refractivity contribution in [3.63, 3.8) is 0 Å². The predicted molar refractivity (Wildman–Crippen MR) is 57.4 cm³/mol. The quantitative estimate of drug-likeness (QED) is 0.533. The van der Waals surface area contributed by atoms with Crippen LogP contribution in [0.5, 0.6) is 0 Å². The summed E-state index contributed by atoms with van der Waals surface area (Å²) in [5.74, 6) is 0.996. The van der Waals surface area contributed by atoms with Gasteiger partial charge in [-0.05, 0) is 25.3 Å². The van der Waals surface area contributed by atoms with Gasteiger partial charge in [-0.1, -0.05) is 24.1 Å². The van der Waals surface area contributed by atoms with E-state index in [-0.39, 0.29) is 0 Å². The molecule has 2 nitrogen and oxygen atoms in total. The molecular formula is C10H15NOS. The molecule has 0 bridgehead atoms. The Hall–Kier alpha value is -0.670. The molecule has 1 rings (SSSR count). The van der Waals surface area contributed by atoms with Gasteiger partial charge in [-0.2, -0.15) is 0 Å². The molecule has 0 N–H and O–H groups in total. The van der Waals surface area contributed by atoms with Crippen molar-refractivity contribution in [1.82, 2.24) is 4.31 Å². The molecule has 0 aliphatic heterocycles. The molecule has 0 atom stereocenters. The number of furan rings is 1. The van der Waals surface area contributed by atoms with E-state index in [4.69, 9.17) is 4.42 Å². The summed E-state index contributed by atoms with van der Waals surface area (Å²) in [4.78, 5) is 0. The van der Waals surface area contributed by atoms with E-state index in [0.29, 0.717) is 0 Å². The molecule has 1 aromatic rings. The van der Waals surface area contributed by atoms with Gasteiger partial charge in [-0.15, -0.1) is 0 Å². The Labute approximate surface area is 83.7 Å². The van der Waals surface area contributed by atoms with Crippen LogP contribution >= 0.6 is 11.9 Å². The Kier molecular flexibility index (Phi) is 4.12. The van der Waals surface area contributed by atoms with Crippen LogP contribution in [0.25, 0.3) is 0 Å². The molecule has 0 radical (unpaired) electrons. The lowest BCUT2D eigenvalue weighted by Gasteiger charge is -2.17. The SMILES string of the molecule is C=C(C)CN(Cc1ccco1)SC. The third kappa shape index (κ3) is 3.70. The van der Waals surface area contributed by atoms with Gasteiger partial charge in [-0.3, -0.25) is 0 Å². The van der Waals surface area contributed by atoms with Crippen LogP contribution in [0.1, 0.15) is 12.7 Å². The Morgan fingerprint density at radius 2 is 2.46 bits per heavy atom. The molecule has 0 aromatic carbocycles. The zero-order chi connectivity index (χ0) is 9.68. The average Bonchev–Trinajstić information content (AvgIpc) is 2.55. The van der Waals surface area contributed by atoms with E-state index < -0.39 is 0 Å².